The Hall–Kier alpha value is -2.32. The van der Waals surface area contributed by atoms with E-state index in [1.807, 2.05) is 25.1 Å². The minimum atomic E-state index is 0.659. The molecule has 0 N–H and O–H groups in total. The van der Waals surface area contributed by atoms with Gasteiger partial charge in [0.15, 0.2) is 5.65 Å². The maximum atomic E-state index is 5.42. The van der Waals surface area contributed by atoms with Crippen molar-refractivity contribution in [3.05, 3.63) is 36.4 Å². The van der Waals surface area contributed by atoms with Gasteiger partial charge in [-0.25, -0.2) is 4.98 Å². The number of aromatic nitrogens is 4. The van der Waals surface area contributed by atoms with Gasteiger partial charge in [-0.2, -0.15) is 0 Å². The van der Waals surface area contributed by atoms with Crippen molar-refractivity contribution in [3.63, 3.8) is 0 Å². The predicted molar refractivity (Wildman–Crippen MR) is 91.8 cm³/mol. The Bertz CT molecular complexity index is 889. The van der Waals surface area contributed by atoms with E-state index in [2.05, 4.69) is 38.3 Å². The standard InChI is InChI=1S/C17H16N4S/c1-4-5-10-21-14-9-7-6-8-13(14)15-16(21)18-17(20-19-15)22-11-12(2)3/h1,6-9H,2,5,10-11H2,3H3. The molecule has 3 rings (SSSR count). The molecule has 0 aliphatic heterocycles. The van der Waals surface area contributed by atoms with Crippen molar-refractivity contribution in [1.82, 2.24) is 19.7 Å². The molecule has 0 saturated heterocycles. The molecule has 0 atom stereocenters. The number of aryl methyl sites for hydroxylation is 1. The molecule has 0 unspecified atom stereocenters. The third-order valence-electron chi connectivity index (χ3n) is 3.28. The molecule has 0 saturated carbocycles. The molecular weight excluding hydrogens is 292 g/mol. The van der Waals surface area contributed by atoms with Crippen LogP contribution in [0.3, 0.4) is 0 Å². The van der Waals surface area contributed by atoms with Crippen molar-refractivity contribution < 1.29 is 0 Å². The maximum Gasteiger partial charge on any atom is 0.211 e. The van der Waals surface area contributed by atoms with Crippen molar-refractivity contribution >= 4 is 33.8 Å². The largest absolute Gasteiger partial charge is 0.323 e. The maximum absolute atomic E-state index is 5.42. The Morgan fingerprint density at radius 1 is 1.36 bits per heavy atom. The van der Waals surface area contributed by atoms with Gasteiger partial charge in [0.2, 0.25) is 5.16 Å². The first-order valence-corrected chi connectivity index (χ1v) is 8.01. The fourth-order valence-electron chi connectivity index (χ4n) is 2.34. The molecule has 0 amide bonds. The van der Waals surface area contributed by atoms with E-state index in [-0.39, 0.29) is 0 Å². The van der Waals surface area contributed by atoms with Crippen molar-refractivity contribution in [3.8, 4) is 12.3 Å². The summed E-state index contributed by atoms with van der Waals surface area (Å²) in [6.07, 6.45) is 6.08. The lowest BCUT2D eigenvalue weighted by Gasteiger charge is -2.04. The highest BCUT2D eigenvalue weighted by molar-refractivity contribution is 7.99. The second kappa shape index (κ2) is 6.20. The quantitative estimate of drug-likeness (QED) is 0.410. The van der Waals surface area contributed by atoms with Crippen LogP contribution in [0, 0.1) is 12.3 Å². The first kappa shape index (κ1) is 14.6. The summed E-state index contributed by atoms with van der Waals surface area (Å²) >= 11 is 1.55. The second-order valence-electron chi connectivity index (χ2n) is 5.14. The predicted octanol–water partition coefficient (Wildman–Crippen LogP) is 3.67. The summed E-state index contributed by atoms with van der Waals surface area (Å²) in [5, 5.41) is 10.3. The number of fused-ring (bicyclic) bond motifs is 3. The molecule has 4 nitrogen and oxygen atoms in total. The first-order chi connectivity index (χ1) is 10.7. The average molecular weight is 308 g/mol. The minimum absolute atomic E-state index is 0.659. The molecule has 5 heteroatoms. The molecule has 0 aliphatic rings. The third-order valence-corrected chi connectivity index (χ3v) is 4.35. The van der Waals surface area contributed by atoms with Crippen molar-refractivity contribution in [1.29, 1.82) is 0 Å². The van der Waals surface area contributed by atoms with E-state index in [4.69, 9.17) is 6.42 Å². The van der Waals surface area contributed by atoms with Gasteiger partial charge in [-0.3, -0.25) is 0 Å². The van der Waals surface area contributed by atoms with Gasteiger partial charge in [0.05, 0.1) is 5.52 Å². The zero-order valence-corrected chi connectivity index (χ0v) is 13.2. The van der Waals surface area contributed by atoms with Crippen LogP contribution in [-0.2, 0) is 6.54 Å². The number of hydrogen-bond donors (Lipinski definition) is 0. The normalized spacial score (nSPS) is 10.9. The average Bonchev–Trinajstić information content (AvgIpc) is 2.84. The summed E-state index contributed by atoms with van der Waals surface area (Å²) in [7, 11) is 0. The summed E-state index contributed by atoms with van der Waals surface area (Å²) in [5.41, 5.74) is 3.85. The highest BCUT2D eigenvalue weighted by Crippen LogP contribution is 2.27. The van der Waals surface area contributed by atoms with E-state index in [0.717, 1.165) is 39.9 Å². The van der Waals surface area contributed by atoms with Crippen LogP contribution in [0.5, 0.6) is 0 Å². The summed E-state index contributed by atoms with van der Waals surface area (Å²) in [4.78, 5) is 4.68. The van der Waals surface area contributed by atoms with E-state index in [0.29, 0.717) is 11.6 Å². The highest BCUT2D eigenvalue weighted by atomic mass is 32.2. The van der Waals surface area contributed by atoms with Crippen LogP contribution in [0.2, 0.25) is 0 Å². The van der Waals surface area contributed by atoms with Gasteiger partial charge in [0.25, 0.3) is 0 Å². The second-order valence-corrected chi connectivity index (χ2v) is 6.08. The van der Waals surface area contributed by atoms with Gasteiger partial charge in [-0.1, -0.05) is 42.1 Å². The number of thioether (sulfide) groups is 1. The molecule has 0 radical (unpaired) electrons. The smallest absolute Gasteiger partial charge is 0.211 e. The molecule has 0 aliphatic carbocycles. The molecular formula is C17H16N4S. The summed E-state index contributed by atoms with van der Waals surface area (Å²) in [5.74, 6) is 3.48. The Labute approximate surface area is 133 Å². The fraction of sp³-hybridized carbons (Fsp3) is 0.235. The van der Waals surface area contributed by atoms with E-state index in [9.17, 15) is 0 Å². The minimum Gasteiger partial charge on any atom is -0.323 e. The van der Waals surface area contributed by atoms with Crippen LogP contribution >= 0.6 is 11.8 Å². The Kier molecular flexibility index (Phi) is 4.12. The first-order valence-electron chi connectivity index (χ1n) is 7.03. The number of terminal acetylenes is 1. The van der Waals surface area contributed by atoms with Crippen molar-refractivity contribution in [2.45, 2.75) is 25.0 Å². The Morgan fingerprint density at radius 3 is 2.95 bits per heavy atom. The summed E-state index contributed by atoms with van der Waals surface area (Å²) in [6.45, 7) is 6.62. The molecule has 110 valence electrons. The van der Waals surface area contributed by atoms with Gasteiger partial charge in [-0.05, 0) is 13.0 Å². The van der Waals surface area contributed by atoms with Crippen LogP contribution in [0.1, 0.15) is 13.3 Å². The number of rotatable bonds is 5. The lowest BCUT2D eigenvalue weighted by atomic mass is 10.2. The highest BCUT2D eigenvalue weighted by Gasteiger charge is 2.14. The van der Waals surface area contributed by atoms with Crippen LogP contribution in [0.25, 0.3) is 22.1 Å². The molecule has 22 heavy (non-hydrogen) atoms. The van der Waals surface area contributed by atoms with Crippen LogP contribution in [0.4, 0.5) is 0 Å². The number of nitrogens with zero attached hydrogens (tertiary/aromatic N) is 4. The molecule has 0 bridgehead atoms. The van der Waals surface area contributed by atoms with Gasteiger partial charge in [0.1, 0.15) is 5.52 Å². The van der Waals surface area contributed by atoms with Crippen LogP contribution in [-0.4, -0.2) is 25.5 Å². The lowest BCUT2D eigenvalue weighted by molar-refractivity contribution is 0.751. The van der Waals surface area contributed by atoms with E-state index < -0.39 is 0 Å². The summed E-state index contributed by atoms with van der Waals surface area (Å²) < 4.78 is 2.13. The molecule has 3 aromatic rings. The number of benzene rings is 1. The van der Waals surface area contributed by atoms with Crippen LogP contribution < -0.4 is 0 Å². The van der Waals surface area contributed by atoms with Gasteiger partial charge in [0, 0.05) is 24.1 Å². The number of para-hydroxylation sites is 1. The Balaban J connectivity index is 2.14. The lowest BCUT2D eigenvalue weighted by Crippen LogP contribution is -2.00. The van der Waals surface area contributed by atoms with Crippen LogP contribution in [0.15, 0.2) is 41.6 Å². The van der Waals surface area contributed by atoms with E-state index >= 15 is 0 Å². The number of hydrogen-bond acceptors (Lipinski definition) is 4. The molecule has 0 fully saturated rings. The SMILES string of the molecule is C#CCCn1c2ccccc2c2nnc(SCC(=C)C)nc21. The third kappa shape index (κ3) is 2.70. The topological polar surface area (TPSA) is 43.6 Å². The molecule has 0 spiro atoms. The van der Waals surface area contributed by atoms with Gasteiger partial charge < -0.3 is 4.57 Å². The zero-order valence-electron chi connectivity index (χ0n) is 12.4. The molecule has 2 aromatic heterocycles. The van der Waals surface area contributed by atoms with Gasteiger partial charge in [-0.15, -0.1) is 22.5 Å². The summed E-state index contributed by atoms with van der Waals surface area (Å²) in [6, 6.07) is 8.12. The fourth-order valence-corrected chi connectivity index (χ4v) is 2.97. The van der Waals surface area contributed by atoms with E-state index in [1.165, 1.54) is 0 Å². The van der Waals surface area contributed by atoms with Crippen molar-refractivity contribution in [2.24, 2.45) is 0 Å². The molecule has 1 aromatic carbocycles. The van der Waals surface area contributed by atoms with Crippen molar-refractivity contribution in [2.75, 3.05) is 5.75 Å². The monoisotopic (exact) mass is 308 g/mol. The van der Waals surface area contributed by atoms with Gasteiger partial charge >= 0.3 is 0 Å². The molecule has 2 heterocycles. The Morgan fingerprint density at radius 2 is 2.18 bits per heavy atom. The zero-order chi connectivity index (χ0) is 15.5. The van der Waals surface area contributed by atoms with E-state index in [1.54, 1.807) is 11.8 Å².